The Labute approximate surface area is 191 Å². The third-order valence-corrected chi connectivity index (χ3v) is 6.93. The molecule has 1 aliphatic carbocycles. The van der Waals surface area contributed by atoms with Crippen molar-refractivity contribution in [1.29, 1.82) is 0 Å². The predicted octanol–water partition coefficient (Wildman–Crippen LogP) is 3.14. The third-order valence-electron chi connectivity index (χ3n) is 6.93. The van der Waals surface area contributed by atoms with Gasteiger partial charge in [0.2, 0.25) is 11.8 Å². The zero-order chi connectivity index (χ0) is 23.1. The van der Waals surface area contributed by atoms with Gasteiger partial charge in [-0.25, -0.2) is 0 Å². The van der Waals surface area contributed by atoms with Crippen molar-refractivity contribution in [2.45, 2.75) is 70.9 Å². The highest BCUT2D eigenvalue weighted by Gasteiger charge is 2.36. The monoisotopic (exact) mass is 443 g/mol. The summed E-state index contributed by atoms with van der Waals surface area (Å²) in [4.78, 5) is 40.8. The number of methoxy groups -OCH3 is 1. The molecule has 2 N–H and O–H groups in total. The Kier molecular flexibility index (Phi) is 8.53. The minimum atomic E-state index is -0.633. The number of hydrogen-bond donors (Lipinski definition) is 2. The first-order valence-corrected chi connectivity index (χ1v) is 12.0. The molecule has 0 radical (unpaired) electrons. The number of amides is 3. The zero-order valence-corrected chi connectivity index (χ0v) is 19.6. The van der Waals surface area contributed by atoms with Gasteiger partial charge in [-0.1, -0.05) is 25.8 Å². The van der Waals surface area contributed by atoms with Crippen molar-refractivity contribution in [3.63, 3.8) is 0 Å². The molecule has 1 heterocycles. The Morgan fingerprint density at radius 3 is 2.41 bits per heavy atom. The Morgan fingerprint density at radius 1 is 1.09 bits per heavy atom. The fraction of sp³-hybridized carbons (Fsp3) is 0.640. The summed E-state index contributed by atoms with van der Waals surface area (Å²) in [6.07, 6.45) is 6.49. The summed E-state index contributed by atoms with van der Waals surface area (Å²) in [5.74, 6) is 0.567. The van der Waals surface area contributed by atoms with Crippen molar-refractivity contribution < 1.29 is 19.1 Å². The molecule has 0 bridgehead atoms. The number of carbonyl (C=O) groups is 3. The van der Waals surface area contributed by atoms with Gasteiger partial charge >= 0.3 is 0 Å². The molecular weight excluding hydrogens is 406 g/mol. The summed E-state index contributed by atoms with van der Waals surface area (Å²) in [6.45, 7) is 5.26. The van der Waals surface area contributed by atoms with E-state index in [9.17, 15) is 14.4 Å². The van der Waals surface area contributed by atoms with E-state index in [-0.39, 0.29) is 35.6 Å². The lowest BCUT2D eigenvalue weighted by atomic mass is 9.87. The van der Waals surface area contributed by atoms with E-state index in [4.69, 9.17) is 4.74 Å². The number of likely N-dealkylation sites (tertiary alicyclic amines) is 1. The van der Waals surface area contributed by atoms with Crippen LogP contribution in [0.2, 0.25) is 0 Å². The van der Waals surface area contributed by atoms with Crippen LogP contribution in [0.3, 0.4) is 0 Å². The van der Waals surface area contributed by atoms with Crippen molar-refractivity contribution in [3.05, 3.63) is 29.8 Å². The van der Waals surface area contributed by atoms with Gasteiger partial charge in [0, 0.05) is 30.6 Å². The van der Waals surface area contributed by atoms with Gasteiger partial charge < -0.3 is 20.3 Å². The molecular formula is C25H37N3O4. The van der Waals surface area contributed by atoms with E-state index in [1.807, 2.05) is 18.7 Å². The second-order valence-electron chi connectivity index (χ2n) is 9.15. The van der Waals surface area contributed by atoms with Gasteiger partial charge in [-0.2, -0.15) is 0 Å². The predicted molar refractivity (Wildman–Crippen MR) is 123 cm³/mol. The lowest BCUT2D eigenvalue weighted by Crippen LogP contribution is -2.55. The van der Waals surface area contributed by atoms with Crippen LogP contribution in [0.5, 0.6) is 5.75 Å². The van der Waals surface area contributed by atoms with Crippen LogP contribution < -0.4 is 15.4 Å². The second kappa shape index (κ2) is 11.3. The molecule has 0 unspecified atom stereocenters. The molecule has 2 atom stereocenters. The van der Waals surface area contributed by atoms with Crippen molar-refractivity contribution >= 4 is 17.7 Å². The normalized spacial score (nSPS) is 19.3. The Hall–Kier alpha value is -2.57. The maximum absolute atomic E-state index is 13.1. The SMILES string of the molecule is CC[C@H](C)NC(=O)[C@@H](NC(=O)c1cccc(OC)c1)C1CCN(C(=O)C2CCCC2)CC1. The van der Waals surface area contributed by atoms with E-state index < -0.39 is 6.04 Å². The summed E-state index contributed by atoms with van der Waals surface area (Å²) >= 11 is 0. The van der Waals surface area contributed by atoms with Crippen LogP contribution in [0.4, 0.5) is 0 Å². The van der Waals surface area contributed by atoms with Gasteiger partial charge in [-0.15, -0.1) is 0 Å². The highest BCUT2D eigenvalue weighted by Crippen LogP contribution is 2.29. The van der Waals surface area contributed by atoms with E-state index in [1.165, 1.54) is 0 Å². The van der Waals surface area contributed by atoms with Crippen LogP contribution in [-0.2, 0) is 9.59 Å². The lowest BCUT2D eigenvalue weighted by molar-refractivity contribution is -0.137. The van der Waals surface area contributed by atoms with Gasteiger partial charge in [-0.3, -0.25) is 14.4 Å². The van der Waals surface area contributed by atoms with Crippen LogP contribution in [0, 0.1) is 11.8 Å². The topological polar surface area (TPSA) is 87.7 Å². The molecule has 1 aromatic carbocycles. The van der Waals surface area contributed by atoms with Crippen LogP contribution in [0.1, 0.15) is 69.2 Å². The molecule has 0 aromatic heterocycles. The van der Waals surface area contributed by atoms with Crippen molar-refractivity contribution in [2.24, 2.45) is 11.8 Å². The molecule has 1 aromatic rings. The number of hydrogen-bond acceptors (Lipinski definition) is 4. The molecule has 0 spiro atoms. The first-order valence-electron chi connectivity index (χ1n) is 12.0. The molecule has 7 heteroatoms. The molecule has 176 valence electrons. The molecule has 3 amide bonds. The highest BCUT2D eigenvalue weighted by atomic mass is 16.5. The van der Waals surface area contributed by atoms with E-state index in [0.29, 0.717) is 37.2 Å². The number of piperidine rings is 1. The summed E-state index contributed by atoms with van der Waals surface area (Å²) in [6, 6.07) is 6.32. The summed E-state index contributed by atoms with van der Waals surface area (Å²) in [5, 5.41) is 6.00. The van der Waals surface area contributed by atoms with Gasteiger partial charge in [0.15, 0.2) is 0 Å². The molecule has 1 saturated carbocycles. The first kappa shape index (κ1) is 24.1. The minimum Gasteiger partial charge on any atom is -0.497 e. The molecule has 2 aliphatic rings. The summed E-state index contributed by atoms with van der Waals surface area (Å²) in [7, 11) is 1.56. The number of nitrogens with zero attached hydrogens (tertiary/aromatic N) is 1. The fourth-order valence-electron chi connectivity index (χ4n) is 4.71. The van der Waals surface area contributed by atoms with Crippen LogP contribution >= 0.6 is 0 Å². The number of nitrogens with one attached hydrogen (secondary N) is 2. The average Bonchev–Trinajstić information content (AvgIpc) is 3.37. The Morgan fingerprint density at radius 2 is 1.78 bits per heavy atom. The average molecular weight is 444 g/mol. The number of carbonyl (C=O) groups excluding carboxylic acids is 3. The summed E-state index contributed by atoms with van der Waals surface area (Å²) in [5.41, 5.74) is 0.458. The number of rotatable bonds is 8. The van der Waals surface area contributed by atoms with Crippen LogP contribution in [-0.4, -0.2) is 54.9 Å². The molecule has 7 nitrogen and oxygen atoms in total. The van der Waals surface area contributed by atoms with E-state index >= 15 is 0 Å². The maximum Gasteiger partial charge on any atom is 0.252 e. The standard InChI is InChI=1S/C25H37N3O4/c1-4-17(2)26-24(30)22(27-23(29)20-10-7-11-21(16-20)32-3)18-12-14-28(15-13-18)25(31)19-8-5-6-9-19/h7,10-11,16-19,22H,4-6,8-9,12-15H2,1-3H3,(H,26,30)(H,27,29)/t17-,22-/m0/s1. The molecule has 32 heavy (non-hydrogen) atoms. The van der Waals surface area contributed by atoms with Gasteiger partial charge in [0.05, 0.1) is 7.11 Å². The number of ether oxygens (including phenoxy) is 1. The van der Waals surface area contributed by atoms with Gasteiger partial charge in [0.25, 0.3) is 5.91 Å². The molecule has 1 aliphatic heterocycles. The molecule has 3 rings (SSSR count). The van der Waals surface area contributed by atoms with Crippen LogP contribution in [0.15, 0.2) is 24.3 Å². The highest BCUT2D eigenvalue weighted by molar-refractivity contribution is 5.98. The summed E-state index contributed by atoms with van der Waals surface area (Å²) < 4.78 is 5.22. The first-order chi connectivity index (χ1) is 15.4. The largest absolute Gasteiger partial charge is 0.497 e. The van der Waals surface area contributed by atoms with E-state index in [1.54, 1.807) is 31.4 Å². The third kappa shape index (κ3) is 6.02. The fourth-order valence-corrected chi connectivity index (χ4v) is 4.71. The Bertz CT molecular complexity index is 798. The molecule has 1 saturated heterocycles. The molecule has 2 fully saturated rings. The maximum atomic E-state index is 13.1. The minimum absolute atomic E-state index is 0.0127. The lowest BCUT2D eigenvalue weighted by Gasteiger charge is -2.37. The Balaban J connectivity index is 1.68. The smallest absolute Gasteiger partial charge is 0.252 e. The van der Waals surface area contributed by atoms with E-state index in [2.05, 4.69) is 10.6 Å². The second-order valence-corrected chi connectivity index (χ2v) is 9.15. The van der Waals surface area contributed by atoms with Crippen molar-refractivity contribution in [3.8, 4) is 5.75 Å². The van der Waals surface area contributed by atoms with Crippen molar-refractivity contribution in [2.75, 3.05) is 20.2 Å². The quantitative estimate of drug-likeness (QED) is 0.646. The van der Waals surface area contributed by atoms with Crippen molar-refractivity contribution in [1.82, 2.24) is 15.5 Å². The van der Waals surface area contributed by atoms with E-state index in [0.717, 1.165) is 32.1 Å². The zero-order valence-electron chi connectivity index (χ0n) is 19.6. The van der Waals surface area contributed by atoms with Gasteiger partial charge in [0.1, 0.15) is 11.8 Å². The van der Waals surface area contributed by atoms with Gasteiger partial charge in [-0.05, 0) is 63.1 Å². The number of benzene rings is 1. The van der Waals surface area contributed by atoms with Crippen LogP contribution in [0.25, 0.3) is 0 Å².